The topological polar surface area (TPSA) is 57.3 Å². The summed E-state index contributed by atoms with van der Waals surface area (Å²) in [5, 5.41) is 6.39. The molecule has 2 aromatic rings. The van der Waals surface area contributed by atoms with E-state index in [1.165, 1.54) is 0 Å². The third-order valence-corrected chi connectivity index (χ3v) is 3.77. The molecule has 22 heavy (non-hydrogen) atoms. The van der Waals surface area contributed by atoms with E-state index in [-0.39, 0.29) is 6.03 Å². The zero-order valence-corrected chi connectivity index (χ0v) is 12.4. The molecule has 0 bridgehead atoms. The highest BCUT2D eigenvalue weighted by atomic mass is 16.2. The minimum Gasteiger partial charge on any atom is -0.380 e. The Kier molecular flexibility index (Phi) is 4.53. The summed E-state index contributed by atoms with van der Waals surface area (Å²) in [7, 11) is 0. The number of rotatable bonds is 4. The van der Waals surface area contributed by atoms with E-state index in [4.69, 9.17) is 0 Å². The van der Waals surface area contributed by atoms with E-state index in [9.17, 15) is 4.79 Å². The summed E-state index contributed by atoms with van der Waals surface area (Å²) >= 11 is 0. The van der Waals surface area contributed by atoms with Gasteiger partial charge in [0.05, 0.1) is 12.2 Å². The van der Waals surface area contributed by atoms with Crippen molar-refractivity contribution in [2.45, 2.75) is 19.0 Å². The minimum atomic E-state index is -0.0250. The molecular weight excluding hydrogens is 276 g/mol. The second-order valence-corrected chi connectivity index (χ2v) is 5.42. The van der Waals surface area contributed by atoms with Gasteiger partial charge in [-0.3, -0.25) is 4.98 Å². The van der Waals surface area contributed by atoms with Gasteiger partial charge in [0.25, 0.3) is 0 Å². The average molecular weight is 296 g/mol. The largest absolute Gasteiger partial charge is 0.380 e. The first-order valence-electron chi connectivity index (χ1n) is 7.55. The number of hydrogen-bond donors (Lipinski definition) is 2. The highest BCUT2D eigenvalue weighted by molar-refractivity contribution is 5.74. The number of anilines is 1. The molecule has 114 valence electrons. The van der Waals surface area contributed by atoms with Gasteiger partial charge >= 0.3 is 6.03 Å². The van der Waals surface area contributed by atoms with Gasteiger partial charge < -0.3 is 15.5 Å². The van der Waals surface area contributed by atoms with E-state index in [1.54, 1.807) is 6.20 Å². The first-order chi connectivity index (χ1) is 10.8. The van der Waals surface area contributed by atoms with E-state index in [0.29, 0.717) is 12.6 Å². The van der Waals surface area contributed by atoms with Crippen LogP contribution in [0, 0.1) is 0 Å². The molecule has 1 atom stereocenters. The van der Waals surface area contributed by atoms with E-state index < -0.39 is 0 Å². The molecule has 1 aromatic heterocycles. The molecule has 1 fully saturated rings. The van der Waals surface area contributed by atoms with Crippen molar-refractivity contribution in [1.82, 2.24) is 15.2 Å². The smallest absolute Gasteiger partial charge is 0.317 e. The van der Waals surface area contributed by atoms with Gasteiger partial charge in [-0.25, -0.2) is 4.79 Å². The first-order valence-corrected chi connectivity index (χ1v) is 7.55. The highest BCUT2D eigenvalue weighted by Gasteiger charge is 2.25. The van der Waals surface area contributed by atoms with Gasteiger partial charge in [0.15, 0.2) is 0 Å². The average Bonchev–Trinajstić information content (AvgIpc) is 3.03. The van der Waals surface area contributed by atoms with E-state index >= 15 is 0 Å². The van der Waals surface area contributed by atoms with Crippen LogP contribution in [0.1, 0.15) is 12.1 Å². The van der Waals surface area contributed by atoms with Crippen molar-refractivity contribution in [1.29, 1.82) is 0 Å². The number of nitrogens with zero attached hydrogens (tertiary/aromatic N) is 2. The molecule has 0 radical (unpaired) electrons. The van der Waals surface area contributed by atoms with Gasteiger partial charge in [-0.15, -0.1) is 0 Å². The molecule has 1 aliphatic rings. The molecule has 1 saturated heterocycles. The normalized spacial score (nSPS) is 17.3. The zero-order chi connectivity index (χ0) is 15.2. The van der Waals surface area contributed by atoms with Gasteiger partial charge in [0.2, 0.25) is 0 Å². The number of carbonyl (C=O) groups is 1. The van der Waals surface area contributed by atoms with Crippen LogP contribution >= 0.6 is 0 Å². The van der Waals surface area contributed by atoms with Gasteiger partial charge in [-0.1, -0.05) is 24.3 Å². The predicted molar refractivity (Wildman–Crippen MR) is 86.5 cm³/mol. The van der Waals surface area contributed by atoms with Crippen molar-refractivity contribution >= 4 is 11.7 Å². The standard InChI is InChI=1S/C17H20N4O/c22-17(19-12-15-8-4-5-10-18-15)21-11-9-16(13-21)20-14-6-2-1-3-7-14/h1-8,10,16,20H,9,11-13H2,(H,19,22)/t16-/m1/s1. The number of hydrogen-bond acceptors (Lipinski definition) is 3. The maximum absolute atomic E-state index is 12.2. The molecular formula is C17H20N4O. The van der Waals surface area contributed by atoms with Crippen LogP contribution in [0.2, 0.25) is 0 Å². The van der Waals surface area contributed by atoms with Crippen molar-refractivity contribution in [2.75, 3.05) is 18.4 Å². The van der Waals surface area contributed by atoms with Crippen LogP contribution in [-0.2, 0) is 6.54 Å². The Morgan fingerprint density at radius 2 is 2.00 bits per heavy atom. The lowest BCUT2D eigenvalue weighted by Crippen LogP contribution is -2.39. The Labute approximate surface area is 130 Å². The molecule has 1 aromatic carbocycles. The molecule has 0 spiro atoms. The summed E-state index contributed by atoms with van der Waals surface area (Å²) in [5.41, 5.74) is 1.97. The van der Waals surface area contributed by atoms with Crippen LogP contribution < -0.4 is 10.6 Å². The number of urea groups is 1. The molecule has 5 heteroatoms. The minimum absolute atomic E-state index is 0.0250. The fourth-order valence-corrected chi connectivity index (χ4v) is 2.61. The highest BCUT2D eigenvalue weighted by Crippen LogP contribution is 2.15. The quantitative estimate of drug-likeness (QED) is 0.911. The van der Waals surface area contributed by atoms with E-state index in [0.717, 1.165) is 30.9 Å². The molecule has 0 unspecified atom stereocenters. The van der Waals surface area contributed by atoms with Gasteiger partial charge in [-0.05, 0) is 30.7 Å². The monoisotopic (exact) mass is 296 g/mol. The Morgan fingerprint density at radius 3 is 2.77 bits per heavy atom. The Bertz CT molecular complexity index is 603. The summed E-state index contributed by atoms with van der Waals surface area (Å²) in [4.78, 5) is 18.2. The van der Waals surface area contributed by atoms with Gasteiger partial charge in [0, 0.05) is 31.0 Å². The van der Waals surface area contributed by atoms with E-state index in [2.05, 4.69) is 15.6 Å². The molecule has 2 heterocycles. The third-order valence-electron chi connectivity index (χ3n) is 3.77. The number of nitrogens with one attached hydrogen (secondary N) is 2. The summed E-state index contributed by atoms with van der Waals surface area (Å²) < 4.78 is 0. The summed E-state index contributed by atoms with van der Waals surface area (Å²) in [6, 6.07) is 16.1. The second kappa shape index (κ2) is 6.93. The lowest BCUT2D eigenvalue weighted by atomic mass is 10.2. The number of benzene rings is 1. The number of aromatic nitrogens is 1. The maximum Gasteiger partial charge on any atom is 0.317 e. The van der Waals surface area contributed by atoms with Crippen molar-refractivity contribution in [2.24, 2.45) is 0 Å². The fourth-order valence-electron chi connectivity index (χ4n) is 2.61. The Morgan fingerprint density at radius 1 is 1.18 bits per heavy atom. The first kappa shape index (κ1) is 14.4. The van der Waals surface area contributed by atoms with Crippen LogP contribution in [0.3, 0.4) is 0 Å². The molecule has 3 rings (SSSR count). The number of carbonyl (C=O) groups excluding carboxylic acids is 1. The maximum atomic E-state index is 12.2. The fraction of sp³-hybridized carbons (Fsp3) is 0.294. The molecule has 2 amide bonds. The molecule has 1 aliphatic heterocycles. The van der Waals surface area contributed by atoms with Crippen LogP contribution in [-0.4, -0.2) is 35.0 Å². The number of likely N-dealkylation sites (tertiary alicyclic amines) is 1. The van der Waals surface area contributed by atoms with E-state index in [1.807, 2.05) is 53.4 Å². The summed E-state index contributed by atoms with van der Waals surface area (Å²) in [6.45, 7) is 1.97. The van der Waals surface area contributed by atoms with Crippen LogP contribution in [0.4, 0.5) is 10.5 Å². The van der Waals surface area contributed by atoms with Crippen molar-refractivity contribution < 1.29 is 4.79 Å². The van der Waals surface area contributed by atoms with Crippen molar-refractivity contribution in [3.8, 4) is 0 Å². The van der Waals surface area contributed by atoms with Crippen LogP contribution in [0.15, 0.2) is 54.7 Å². The lowest BCUT2D eigenvalue weighted by molar-refractivity contribution is 0.208. The van der Waals surface area contributed by atoms with Gasteiger partial charge in [-0.2, -0.15) is 0 Å². The summed E-state index contributed by atoms with van der Waals surface area (Å²) in [5.74, 6) is 0. The Hall–Kier alpha value is -2.56. The number of amides is 2. The van der Waals surface area contributed by atoms with Crippen molar-refractivity contribution in [3.05, 3.63) is 60.4 Å². The molecule has 0 aliphatic carbocycles. The van der Waals surface area contributed by atoms with Crippen LogP contribution in [0.25, 0.3) is 0 Å². The molecule has 5 nitrogen and oxygen atoms in total. The zero-order valence-electron chi connectivity index (χ0n) is 12.4. The second-order valence-electron chi connectivity index (χ2n) is 5.42. The van der Waals surface area contributed by atoms with Crippen molar-refractivity contribution in [3.63, 3.8) is 0 Å². The predicted octanol–water partition coefficient (Wildman–Crippen LogP) is 2.48. The number of para-hydroxylation sites is 1. The Balaban J connectivity index is 1.46. The third kappa shape index (κ3) is 3.75. The lowest BCUT2D eigenvalue weighted by Gasteiger charge is -2.18. The SMILES string of the molecule is O=C(NCc1ccccn1)N1CC[C@@H](Nc2ccccc2)C1. The summed E-state index contributed by atoms with van der Waals surface area (Å²) in [6.07, 6.45) is 2.70. The van der Waals surface area contributed by atoms with Crippen LogP contribution in [0.5, 0.6) is 0 Å². The molecule has 0 saturated carbocycles. The van der Waals surface area contributed by atoms with Gasteiger partial charge in [0.1, 0.15) is 0 Å². The number of pyridine rings is 1. The molecule has 2 N–H and O–H groups in total.